The molecule has 2 aromatic carbocycles. The summed E-state index contributed by atoms with van der Waals surface area (Å²) in [5.41, 5.74) is 2.39. The number of hydrogen-bond donors (Lipinski definition) is 2. The van der Waals surface area contributed by atoms with Gasteiger partial charge in [-0.05, 0) is 61.7 Å². The van der Waals surface area contributed by atoms with E-state index >= 15 is 0 Å². The van der Waals surface area contributed by atoms with E-state index in [0.29, 0.717) is 31.1 Å². The highest BCUT2D eigenvalue weighted by atomic mass is 19.1. The molecule has 3 rings (SSSR count). The fraction of sp³-hybridized carbons (Fsp3) is 0.464. The topological polar surface area (TPSA) is 85.0 Å². The Bertz CT molecular complexity index is 1050. The molecule has 1 saturated heterocycles. The van der Waals surface area contributed by atoms with E-state index < -0.39 is 0 Å². The van der Waals surface area contributed by atoms with Crippen molar-refractivity contribution in [3.05, 3.63) is 59.9 Å². The highest BCUT2D eigenvalue weighted by molar-refractivity contribution is 5.94. The van der Waals surface area contributed by atoms with Gasteiger partial charge in [0, 0.05) is 56.6 Å². The summed E-state index contributed by atoms with van der Waals surface area (Å²) in [6, 6.07) is 13.0. The largest absolute Gasteiger partial charge is 0.368 e. The molecule has 0 unspecified atom stereocenters. The maximum absolute atomic E-state index is 13.3. The van der Waals surface area contributed by atoms with Crippen LogP contribution in [0.4, 0.5) is 20.6 Å². The van der Waals surface area contributed by atoms with Gasteiger partial charge in [-0.15, -0.1) is 0 Å². The minimum atomic E-state index is -0.365. The van der Waals surface area contributed by atoms with Crippen molar-refractivity contribution >= 4 is 29.2 Å². The lowest BCUT2D eigenvalue weighted by molar-refractivity contribution is -0.132. The zero-order valence-electron chi connectivity index (χ0n) is 22.2. The molecule has 200 valence electrons. The molecule has 1 heterocycles. The second kappa shape index (κ2) is 13.1. The van der Waals surface area contributed by atoms with Crippen LogP contribution in [0, 0.1) is 11.7 Å². The number of carbonyl (C=O) groups is 3. The molecule has 1 aliphatic rings. The van der Waals surface area contributed by atoms with Gasteiger partial charge in [0.1, 0.15) is 12.4 Å². The van der Waals surface area contributed by atoms with Crippen molar-refractivity contribution in [1.82, 2.24) is 15.1 Å². The average Bonchev–Trinajstić information content (AvgIpc) is 2.84. The van der Waals surface area contributed by atoms with Gasteiger partial charge in [-0.1, -0.05) is 26.0 Å². The number of anilines is 2. The van der Waals surface area contributed by atoms with E-state index in [0.717, 1.165) is 24.3 Å². The van der Waals surface area contributed by atoms with Crippen LogP contribution in [0.25, 0.3) is 0 Å². The van der Waals surface area contributed by atoms with E-state index in [1.807, 2.05) is 43.0 Å². The molecule has 0 aromatic heterocycles. The molecule has 4 amide bonds. The van der Waals surface area contributed by atoms with Crippen LogP contribution in [0.2, 0.25) is 0 Å². The zero-order chi connectivity index (χ0) is 26.9. The molecule has 0 aliphatic carbocycles. The van der Waals surface area contributed by atoms with Gasteiger partial charge in [0.15, 0.2) is 0 Å². The molecular formula is C28H38FN5O3. The zero-order valence-corrected chi connectivity index (χ0v) is 22.2. The van der Waals surface area contributed by atoms with Gasteiger partial charge in [0.25, 0.3) is 0 Å². The standard InChI is InChI=1S/C28H38FN5O3/c1-20(2)17-27(36)33-15-13-32(14-16-33)25-11-9-24(10-12-25)31-26(35)19-34(28(37)30-21(3)4)18-22-5-7-23(29)8-6-22/h5-12,20-21H,13-19H2,1-4H3,(H,30,37)(H,31,35). The molecule has 1 aliphatic heterocycles. The van der Waals surface area contributed by atoms with Gasteiger partial charge in [0.2, 0.25) is 11.8 Å². The van der Waals surface area contributed by atoms with Crippen LogP contribution in [-0.4, -0.2) is 66.4 Å². The fourth-order valence-electron chi connectivity index (χ4n) is 4.17. The van der Waals surface area contributed by atoms with Crippen LogP contribution in [-0.2, 0) is 16.1 Å². The average molecular weight is 512 g/mol. The van der Waals surface area contributed by atoms with Crippen LogP contribution >= 0.6 is 0 Å². The van der Waals surface area contributed by atoms with Crippen molar-refractivity contribution < 1.29 is 18.8 Å². The van der Waals surface area contributed by atoms with Gasteiger partial charge in [-0.2, -0.15) is 0 Å². The molecule has 0 saturated carbocycles. The summed E-state index contributed by atoms with van der Waals surface area (Å²) in [5, 5.41) is 5.66. The predicted molar refractivity (Wildman–Crippen MR) is 144 cm³/mol. The Morgan fingerprint density at radius 2 is 1.54 bits per heavy atom. The first kappa shape index (κ1) is 28.0. The van der Waals surface area contributed by atoms with E-state index in [1.165, 1.54) is 17.0 Å². The van der Waals surface area contributed by atoms with E-state index in [1.54, 1.807) is 12.1 Å². The van der Waals surface area contributed by atoms with Gasteiger partial charge in [-0.3, -0.25) is 9.59 Å². The van der Waals surface area contributed by atoms with Crippen molar-refractivity contribution in [1.29, 1.82) is 0 Å². The number of urea groups is 1. The van der Waals surface area contributed by atoms with E-state index in [-0.39, 0.29) is 42.8 Å². The minimum Gasteiger partial charge on any atom is -0.368 e. The summed E-state index contributed by atoms with van der Waals surface area (Å²) in [4.78, 5) is 43.3. The summed E-state index contributed by atoms with van der Waals surface area (Å²) in [6.07, 6.45) is 0.578. The summed E-state index contributed by atoms with van der Waals surface area (Å²) in [5.74, 6) is -0.119. The van der Waals surface area contributed by atoms with Crippen molar-refractivity contribution in [2.75, 3.05) is 42.9 Å². The number of halogens is 1. The molecular weight excluding hydrogens is 473 g/mol. The van der Waals surface area contributed by atoms with Crippen LogP contribution in [0.1, 0.15) is 39.7 Å². The molecule has 2 N–H and O–H groups in total. The Hall–Kier alpha value is -3.62. The third-order valence-electron chi connectivity index (χ3n) is 6.05. The first-order valence-corrected chi connectivity index (χ1v) is 12.8. The van der Waals surface area contributed by atoms with Crippen LogP contribution in [0.5, 0.6) is 0 Å². The Labute approximate surface area is 218 Å². The molecule has 0 radical (unpaired) electrons. The number of benzene rings is 2. The summed E-state index contributed by atoms with van der Waals surface area (Å²) >= 11 is 0. The number of nitrogens with zero attached hydrogens (tertiary/aromatic N) is 3. The van der Waals surface area contributed by atoms with Crippen molar-refractivity contribution in [2.24, 2.45) is 5.92 Å². The number of carbonyl (C=O) groups excluding carboxylic acids is 3. The summed E-state index contributed by atoms with van der Waals surface area (Å²) in [6.45, 7) is 10.8. The van der Waals surface area contributed by atoms with Crippen LogP contribution in [0.3, 0.4) is 0 Å². The lowest BCUT2D eigenvalue weighted by atomic mass is 10.1. The molecule has 9 heteroatoms. The highest BCUT2D eigenvalue weighted by Gasteiger charge is 2.22. The second-order valence-corrected chi connectivity index (χ2v) is 10.1. The summed E-state index contributed by atoms with van der Waals surface area (Å²) in [7, 11) is 0. The monoisotopic (exact) mass is 511 g/mol. The van der Waals surface area contributed by atoms with Crippen molar-refractivity contribution in [2.45, 2.75) is 46.7 Å². The van der Waals surface area contributed by atoms with Crippen LogP contribution in [0.15, 0.2) is 48.5 Å². The molecule has 0 bridgehead atoms. The molecule has 37 heavy (non-hydrogen) atoms. The number of nitrogens with one attached hydrogen (secondary N) is 2. The van der Waals surface area contributed by atoms with Gasteiger partial charge in [0.05, 0.1) is 0 Å². The smallest absolute Gasteiger partial charge is 0.318 e. The Morgan fingerprint density at radius 3 is 2.11 bits per heavy atom. The van der Waals surface area contributed by atoms with Crippen LogP contribution < -0.4 is 15.5 Å². The van der Waals surface area contributed by atoms with Gasteiger partial charge in [-0.25, -0.2) is 9.18 Å². The third kappa shape index (κ3) is 8.77. The number of rotatable bonds is 9. The first-order chi connectivity index (χ1) is 17.6. The predicted octanol–water partition coefficient (Wildman–Crippen LogP) is 4.08. The Morgan fingerprint density at radius 1 is 0.919 bits per heavy atom. The van der Waals surface area contributed by atoms with Crippen molar-refractivity contribution in [3.8, 4) is 0 Å². The Balaban J connectivity index is 1.55. The lowest BCUT2D eigenvalue weighted by Gasteiger charge is -2.36. The quantitative estimate of drug-likeness (QED) is 0.531. The van der Waals surface area contributed by atoms with E-state index in [2.05, 4.69) is 29.4 Å². The molecule has 0 spiro atoms. The molecule has 2 aromatic rings. The SMILES string of the molecule is CC(C)CC(=O)N1CCN(c2ccc(NC(=O)CN(Cc3ccc(F)cc3)C(=O)NC(C)C)cc2)CC1. The van der Waals surface area contributed by atoms with E-state index in [4.69, 9.17) is 0 Å². The second-order valence-electron chi connectivity index (χ2n) is 10.1. The lowest BCUT2D eigenvalue weighted by Crippen LogP contribution is -2.49. The molecule has 0 atom stereocenters. The molecule has 8 nitrogen and oxygen atoms in total. The van der Waals surface area contributed by atoms with Crippen molar-refractivity contribution in [3.63, 3.8) is 0 Å². The summed E-state index contributed by atoms with van der Waals surface area (Å²) < 4.78 is 13.3. The Kier molecular flexibility index (Phi) is 9.88. The number of piperazine rings is 1. The number of amides is 4. The highest BCUT2D eigenvalue weighted by Crippen LogP contribution is 2.20. The third-order valence-corrected chi connectivity index (χ3v) is 6.05. The van der Waals surface area contributed by atoms with Gasteiger partial charge < -0.3 is 25.3 Å². The van der Waals surface area contributed by atoms with Gasteiger partial charge >= 0.3 is 6.03 Å². The maximum atomic E-state index is 13.3. The molecule has 1 fully saturated rings. The fourth-order valence-corrected chi connectivity index (χ4v) is 4.17. The minimum absolute atomic E-state index is 0.0889. The maximum Gasteiger partial charge on any atom is 0.318 e. The normalized spacial score (nSPS) is 13.6. The number of hydrogen-bond acceptors (Lipinski definition) is 4. The first-order valence-electron chi connectivity index (χ1n) is 12.8. The van der Waals surface area contributed by atoms with E-state index in [9.17, 15) is 18.8 Å².